The summed E-state index contributed by atoms with van der Waals surface area (Å²) in [4.78, 5) is 33.2. The number of aromatic amines is 1. The highest BCUT2D eigenvalue weighted by molar-refractivity contribution is 6.06. The van der Waals surface area contributed by atoms with E-state index in [1.807, 2.05) is 18.2 Å². The molecule has 138 valence electrons. The zero-order chi connectivity index (χ0) is 19.0. The van der Waals surface area contributed by atoms with Crippen LogP contribution in [0.15, 0.2) is 53.5 Å². The topological polar surface area (TPSA) is 86.3 Å². The van der Waals surface area contributed by atoms with E-state index in [1.54, 1.807) is 6.20 Å². The second kappa shape index (κ2) is 6.92. The van der Waals surface area contributed by atoms with Crippen LogP contribution in [-0.2, 0) is 6.42 Å². The van der Waals surface area contributed by atoms with Gasteiger partial charge in [-0.05, 0) is 36.8 Å². The van der Waals surface area contributed by atoms with Gasteiger partial charge in [0, 0.05) is 42.4 Å². The summed E-state index contributed by atoms with van der Waals surface area (Å²) in [6, 6.07) is 10.7. The smallest absolute Gasteiger partial charge is 0.254 e. The van der Waals surface area contributed by atoms with Crippen LogP contribution in [-0.4, -0.2) is 45.1 Å². The Labute approximate surface area is 154 Å². The third kappa shape index (κ3) is 3.46. The molecule has 2 aromatic heterocycles. The predicted octanol–water partition coefficient (Wildman–Crippen LogP) is 1.74. The Bertz CT molecular complexity index is 1050. The van der Waals surface area contributed by atoms with Crippen LogP contribution in [0.3, 0.4) is 0 Å². The lowest BCUT2D eigenvalue weighted by molar-refractivity contribution is 0.0766. The fraction of sp³-hybridized carbons (Fsp3) is 0.250. The number of benzene rings is 1. The number of aliphatic hydroxyl groups is 1. The number of nitrogens with zero attached hydrogens (tertiary/aromatic N) is 2. The number of nitrogens with one attached hydrogen (secondary N) is 1. The number of pyridine rings is 2. The molecule has 3 heterocycles. The lowest BCUT2D eigenvalue weighted by Gasteiger charge is -2.17. The van der Waals surface area contributed by atoms with E-state index >= 15 is 0 Å². The van der Waals surface area contributed by atoms with Gasteiger partial charge in [0.05, 0.1) is 17.2 Å². The molecule has 0 saturated carbocycles. The van der Waals surface area contributed by atoms with Crippen LogP contribution in [0.4, 0.5) is 4.39 Å². The van der Waals surface area contributed by atoms with E-state index in [2.05, 4.69) is 9.97 Å². The van der Waals surface area contributed by atoms with E-state index in [-0.39, 0.29) is 29.4 Å². The summed E-state index contributed by atoms with van der Waals surface area (Å²) in [5.41, 5.74) is 0.865. The monoisotopic (exact) mass is 367 g/mol. The quantitative estimate of drug-likeness (QED) is 0.738. The van der Waals surface area contributed by atoms with Crippen LogP contribution in [0.25, 0.3) is 10.9 Å². The molecule has 0 radical (unpaired) electrons. The molecule has 1 aliphatic heterocycles. The lowest BCUT2D eigenvalue weighted by Crippen LogP contribution is -2.30. The van der Waals surface area contributed by atoms with Gasteiger partial charge < -0.3 is 15.0 Å². The number of β-amino-alcohol motifs (C(OH)–C–C–N with tert-alkyl or cyclic N) is 1. The summed E-state index contributed by atoms with van der Waals surface area (Å²) in [5, 5.41) is 10.9. The van der Waals surface area contributed by atoms with Crippen molar-refractivity contribution in [2.45, 2.75) is 12.5 Å². The van der Waals surface area contributed by atoms with Crippen LogP contribution in [0.2, 0.25) is 0 Å². The number of aromatic nitrogens is 2. The summed E-state index contributed by atoms with van der Waals surface area (Å²) in [7, 11) is 0. The molecule has 0 unspecified atom stereocenters. The SMILES string of the molecule is O=C(c1cc(=O)[nH]c2cc(F)ccc12)N1C[C@@H](Cc2ccccn2)[C@H](O)C1. The van der Waals surface area contributed by atoms with Crippen molar-refractivity contribution in [2.75, 3.05) is 13.1 Å². The van der Waals surface area contributed by atoms with Crippen LogP contribution in [0.1, 0.15) is 16.1 Å². The normalized spacial score (nSPS) is 19.6. The van der Waals surface area contributed by atoms with Crippen molar-refractivity contribution in [1.29, 1.82) is 0 Å². The average Bonchev–Trinajstić information content (AvgIpc) is 3.01. The maximum atomic E-state index is 13.5. The number of likely N-dealkylation sites (tertiary alicyclic amines) is 1. The first kappa shape index (κ1) is 17.4. The summed E-state index contributed by atoms with van der Waals surface area (Å²) in [6.07, 6.45) is 1.59. The van der Waals surface area contributed by atoms with E-state index in [0.29, 0.717) is 18.4 Å². The summed E-state index contributed by atoms with van der Waals surface area (Å²) < 4.78 is 13.5. The molecule has 1 saturated heterocycles. The number of carbonyl (C=O) groups is 1. The van der Waals surface area contributed by atoms with Crippen molar-refractivity contribution in [1.82, 2.24) is 14.9 Å². The Morgan fingerprint density at radius 1 is 1.26 bits per heavy atom. The van der Waals surface area contributed by atoms with Gasteiger partial charge in [-0.25, -0.2) is 4.39 Å². The number of halogens is 1. The molecule has 7 heteroatoms. The van der Waals surface area contributed by atoms with Crippen molar-refractivity contribution in [3.05, 3.63) is 76.1 Å². The Kier molecular flexibility index (Phi) is 4.45. The van der Waals surface area contributed by atoms with Gasteiger partial charge in [0.25, 0.3) is 5.91 Å². The second-order valence-electron chi connectivity index (χ2n) is 6.80. The average molecular weight is 367 g/mol. The largest absolute Gasteiger partial charge is 0.391 e. The fourth-order valence-electron chi connectivity index (χ4n) is 3.59. The van der Waals surface area contributed by atoms with Gasteiger partial charge in [-0.1, -0.05) is 6.07 Å². The minimum atomic E-state index is -0.665. The number of amides is 1. The van der Waals surface area contributed by atoms with Crippen molar-refractivity contribution < 1.29 is 14.3 Å². The summed E-state index contributed by atoms with van der Waals surface area (Å²) in [6.45, 7) is 0.553. The van der Waals surface area contributed by atoms with Gasteiger partial charge in [-0.2, -0.15) is 0 Å². The Morgan fingerprint density at radius 2 is 2.11 bits per heavy atom. The molecular formula is C20H18FN3O3. The molecule has 6 nitrogen and oxygen atoms in total. The van der Waals surface area contributed by atoms with Crippen LogP contribution < -0.4 is 5.56 Å². The molecule has 4 rings (SSSR count). The predicted molar refractivity (Wildman–Crippen MR) is 97.9 cm³/mol. The van der Waals surface area contributed by atoms with Gasteiger partial charge in [0.1, 0.15) is 5.82 Å². The molecule has 1 fully saturated rings. The maximum Gasteiger partial charge on any atom is 0.254 e. The molecule has 1 aromatic carbocycles. The number of fused-ring (bicyclic) bond motifs is 1. The van der Waals surface area contributed by atoms with Gasteiger partial charge in [-0.3, -0.25) is 14.6 Å². The molecule has 0 spiro atoms. The number of hydrogen-bond donors (Lipinski definition) is 2. The van der Waals surface area contributed by atoms with Crippen LogP contribution in [0.5, 0.6) is 0 Å². The van der Waals surface area contributed by atoms with Gasteiger partial charge in [0.15, 0.2) is 0 Å². The van der Waals surface area contributed by atoms with Crippen LogP contribution in [0, 0.1) is 11.7 Å². The number of hydrogen-bond acceptors (Lipinski definition) is 4. The lowest BCUT2D eigenvalue weighted by atomic mass is 10.00. The van der Waals surface area contributed by atoms with E-state index in [1.165, 1.54) is 29.2 Å². The highest BCUT2D eigenvalue weighted by Gasteiger charge is 2.35. The van der Waals surface area contributed by atoms with Crippen LogP contribution >= 0.6 is 0 Å². The highest BCUT2D eigenvalue weighted by atomic mass is 19.1. The maximum absolute atomic E-state index is 13.5. The third-order valence-corrected chi connectivity index (χ3v) is 4.93. The first-order valence-electron chi connectivity index (χ1n) is 8.71. The molecule has 0 bridgehead atoms. The van der Waals surface area contributed by atoms with E-state index in [9.17, 15) is 19.1 Å². The second-order valence-corrected chi connectivity index (χ2v) is 6.80. The van der Waals surface area contributed by atoms with Crippen molar-refractivity contribution >= 4 is 16.8 Å². The van der Waals surface area contributed by atoms with Crippen molar-refractivity contribution in [3.8, 4) is 0 Å². The fourth-order valence-corrected chi connectivity index (χ4v) is 3.59. The molecule has 0 aliphatic carbocycles. The van der Waals surface area contributed by atoms with E-state index < -0.39 is 17.5 Å². The molecular weight excluding hydrogens is 349 g/mol. The molecule has 3 aromatic rings. The Morgan fingerprint density at radius 3 is 2.89 bits per heavy atom. The first-order valence-corrected chi connectivity index (χ1v) is 8.71. The van der Waals surface area contributed by atoms with Gasteiger partial charge >= 0.3 is 0 Å². The molecule has 27 heavy (non-hydrogen) atoms. The van der Waals surface area contributed by atoms with Gasteiger partial charge in [0.2, 0.25) is 5.56 Å². The molecule has 1 aliphatic rings. The third-order valence-electron chi connectivity index (χ3n) is 4.93. The van der Waals surface area contributed by atoms with Gasteiger partial charge in [-0.15, -0.1) is 0 Å². The Balaban J connectivity index is 1.60. The molecule has 1 amide bonds. The number of carbonyl (C=O) groups excluding carboxylic acids is 1. The molecule has 2 N–H and O–H groups in total. The van der Waals surface area contributed by atoms with Crippen molar-refractivity contribution in [3.63, 3.8) is 0 Å². The minimum absolute atomic E-state index is 0.130. The van der Waals surface area contributed by atoms with E-state index in [4.69, 9.17) is 0 Å². The van der Waals surface area contributed by atoms with E-state index in [0.717, 1.165) is 5.69 Å². The minimum Gasteiger partial charge on any atom is -0.391 e. The standard InChI is InChI=1S/C20H18FN3O3/c21-13-4-5-15-16(9-19(26)23-17(15)8-13)20(27)24-10-12(18(25)11-24)7-14-3-1-2-6-22-14/h1-6,8-9,12,18,25H,7,10-11H2,(H,23,26)/t12-,18-/m1/s1. The molecule has 2 atom stereocenters. The first-order chi connectivity index (χ1) is 13.0. The number of H-pyrrole nitrogens is 1. The zero-order valence-corrected chi connectivity index (χ0v) is 14.4. The zero-order valence-electron chi connectivity index (χ0n) is 14.4. The van der Waals surface area contributed by atoms with Crippen molar-refractivity contribution in [2.24, 2.45) is 5.92 Å². The Hall–Kier alpha value is -3.06. The number of aliphatic hydroxyl groups excluding tert-OH is 1. The summed E-state index contributed by atoms with van der Waals surface area (Å²) >= 11 is 0. The highest BCUT2D eigenvalue weighted by Crippen LogP contribution is 2.24. The number of rotatable bonds is 3. The summed E-state index contributed by atoms with van der Waals surface area (Å²) in [5.74, 6) is -0.968.